The molecule has 4 heterocycles. The molecule has 0 amide bonds. The first-order valence-electron chi connectivity index (χ1n) is 46.3. The number of nitrogens with zero attached hydrogens (tertiary/aromatic N) is 4. The molecule has 17 aromatic carbocycles. The number of anilines is 6. The van der Waals surface area contributed by atoms with Crippen LogP contribution >= 0.6 is 0 Å². The quantitative estimate of drug-likeness (QED) is 0.127. The van der Waals surface area contributed by atoms with E-state index in [1.165, 1.54) is 177 Å². The molecule has 0 unspecified atom stereocenters. The Bertz CT molecular complexity index is 7120. The van der Waals surface area contributed by atoms with E-state index in [-0.39, 0.29) is 33.8 Å². The summed E-state index contributed by atoms with van der Waals surface area (Å²) in [4.78, 5) is 5.55. The minimum Gasteiger partial charge on any atom is -0.311 e. The van der Waals surface area contributed by atoms with Gasteiger partial charge in [-0.05, 0) is 258 Å². The molecule has 0 spiro atoms. The number of benzene rings is 17. The maximum Gasteiger partial charge on any atom is 0.252 e. The highest BCUT2D eigenvalue weighted by molar-refractivity contribution is 7.00. The van der Waals surface area contributed by atoms with Crippen molar-refractivity contribution < 1.29 is 0 Å². The molecule has 129 heavy (non-hydrogen) atoms. The third-order valence-corrected chi connectivity index (χ3v) is 29.2. The number of aromatic nitrogens is 2. The highest BCUT2D eigenvalue weighted by Gasteiger charge is 2.53. The second-order valence-electron chi connectivity index (χ2n) is 42.0. The fourth-order valence-corrected chi connectivity index (χ4v) is 22.7. The molecule has 2 aromatic heterocycles. The standard InChI is InChI=1S/C124H107BN4/c1-118(2,3)86-54-64-105-93(70-86)94-71-87(119(4,5)6)55-65-106(94)126(105)91-58-62-103-111(76-91)128(109-50-34-48-101-115(109)97-68-80(78-36-22-16-23-37-78)52-60-99(97)123(101,82-40-26-18-27-41-82)83-42-28-19-29-43-83)113-74-90(122(13,14)15)75-114-117(113)125(103)104-63-59-92(127-107-66-56-88(120(7,8)9)72-95(107)96-73-89(121(10,11)12)57-67-108(96)127)77-112(104)129(114)110-51-35-49-102-116(110)98-69-81(79-38-24-17-25-39-79)53-61-100(98)124(102,84-44-30-20-31-45-84)85-46-32-21-33-47-85/h16-77H,1-15H3. The Balaban J connectivity index is 0.881. The van der Waals surface area contributed by atoms with Crippen LogP contribution in [0.15, 0.2) is 376 Å². The van der Waals surface area contributed by atoms with E-state index in [9.17, 15) is 0 Å². The summed E-state index contributed by atoms with van der Waals surface area (Å²) in [5.41, 5.74) is 41.1. The summed E-state index contributed by atoms with van der Waals surface area (Å²) in [6, 6.07) is 147. The molecule has 626 valence electrons. The number of rotatable bonds is 10. The van der Waals surface area contributed by atoms with E-state index in [2.05, 4.69) is 499 Å². The molecule has 5 heteroatoms. The zero-order chi connectivity index (χ0) is 88.3. The molecule has 4 aliphatic rings. The number of hydrogen-bond donors (Lipinski definition) is 0. The Morgan fingerprint density at radius 3 is 0.822 bits per heavy atom. The smallest absolute Gasteiger partial charge is 0.252 e. The summed E-state index contributed by atoms with van der Waals surface area (Å²) in [7, 11) is 0. The van der Waals surface area contributed by atoms with Crippen molar-refractivity contribution >= 4 is 101 Å². The van der Waals surface area contributed by atoms with Crippen molar-refractivity contribution in [3.63, 3.8) is 0 Å². The van der Waals surface area contributed by atoms with Gasteiger partial charge in [0.15, 0.2) is 0 Å². The Morgan fingerprint density at radius 2 is 0.519 bits per heavy atom. The maximum atomic E-state index is 2.77. The number of fused-ring (bicyclic) bond motifs is 16. The lowest BCUT2D eigenvalue weighted by molar-refractivity contribution is 0.590. The topological polar surface area (TPSA) is 16.3 Å². The van der Waals surface area contributed by atoms with Crippen molar-refractivity contribution in [1.82, 2.24) is 9.13 Å². The van der Waals surface area contributed by atoms with Gasteiger partial charge in [-0.15, -0.1) is 0 Å². The molecule has 0 bridgehead atoms. The van der Waals surface area contributed by atoms with Gasteiger partial charge in [0.25, 0.3) is 6.71 Å². The van der Waals surface area contributed by atoms with Crippen LogP contribution in [0.2, 0.25) is 0 Å². The van der Waals surface area contributed by atoms with Gasteiger partial charge in [-0.2, -0.15) is 0 Å². The largest absolute Gasteiger partial charge is 0.311 e. The van der Waals surface area contributed by atoms with Gasteiger partial charge in [-0.25, -0.2) is 0 Å². The molecule has 0 saturated carbocycles. The van der Waals surface area contributed by atoms with Gasteiger partial charge in [-0.3, -0.25) is 0 Å². The van der Waals surface area contributed by atoms with E-state index in [1.807, 2.05) is 0 Å². The molecule has 23 rings (SSSR count). The first-order valence-corrected chi connectivity index (χ1v) is 46.3. The lowest BCUT2D eigenvalue weighted by atomic mass is 9.33. The Hall–Kier alpha value is -14.0. The first kappa shape index (κ1) is 79.6. The van der Waals surface area contributed by atoms with Crippen molar-refractivity contribution in [2.75, 3.05) is 9.80 Å². The fourth-order valence-electron chi connectivity index (χ4n) is 22.7. The van der Waals surface area contributed by atoms with Gasteiger partial charge in [0, 0.05) is 66.8 Å². The van der Waals surface area contributed by atoms with E-state index in [4.69, 9.17) is 0 Å². The van der Waals surface area contributed by atoms with Crippen LogP contribution < -0.4 is 26.2 Å². The van der Waals surface area contributed by atoms with E-state index >= 15 is 0 Å². The molecule has 0 radical (unpaired) electrons. The van der Waals surface area contributed by atoms with Gasteiger partial charge >= 0.3 is 0 Å². The van der Waals surface area contributed by atoms with E-state index in [0.29, 0.717) is 0 Å². The summed E-state index contributed by atoms with van der Waals surface area (Å²) in [6.07, 6.45) is 0. The molecule has 2 aliphatic heterocycles. The van der Waals surface area contributed by atoms with Crippen LogP contribution in [-0.2, 0) is 37.9 Å². The lowest BCUT2D eigenvalue weighted by Gasteiger charge is -2.46. The summed E-state index contributed by atoms with van der Waals surface area (Å²) in [5.74, 6) is 0. The highest BCUT2D eigenvalue weighted by Crippen LogP contribution is 2.64. The summed E-state index contributed by atoms with van der Waals surface area (Å²) in [6.45, 7) is 35.2. The third-order valence-electron chi connectivity index (χ3n) is 29.2. The van der Waals surface area contributed by atoms with Gasteiger partial charge in [0.1, 0.15) is 0 Å². The molecule has 0 saturated heterocycles. The monoisotopic (exact) mass is 1660 g/mol. The molecule has 0 N–H and O–H groups in total. The second-order valence-corrected chi connectivity index (χ2v) is 42.0. The molecule has 0 atom stereocenters. The summed E-state index contributed by atoms with van der Waals surface area (Å²) in [5, 5.41) is 5.03. The van der Waals surface area contributed by atoms with E-state index in [1.54, 1.807) is 0 Å². The predicted octanol–water partition coefficient (Wildman–Crippen LogP) is 30.5. The van der Waals surface area contributed by atoms with Crippen LogP contribution in [0.4, 0.5) is 34.1 Å². The van der Waals surface area contributed by atoms with Gasteiger partial charge < -0.3 is 18.9 Å². The van der Waals surface area contributed by atoms with Crippen LogP contribution in [0.5, 0.6) is 0 Å². The van der Waals surface area contributed by atoms with Crippen LogP contribution in [0.1, 0.15) is 176 Å². The van der Waals surface area contributed by atoms with Crippen molar-refractivity contribution in [3.8, 4) is 55.9 Å². The van der Waals surface area contributed by atoms with Crippen LogP contribution in [0.25, 0.3) is 99.5 Å². The predicted molar refractivity (Wildman–Crippen MR) is 548 cm³/mol. The van der Waals surface area contributed by atoms with Crippen molar-refractivity contribution in [2.24, 2.45) is 0 Å². The molecule has 4 nitrogen and oxygen atoms in total. The van der Waals surface area contributed by atoms with Crippen molar-refractivity contribution in [2.45, 2.75) is 142 Å². The Kier molecular flexibility index (Phi) is 17.8. The lowest BCUT2D eigenvalue weighted by Crippen LogP contribution is -2.61. The molecular formula is C124H107BN4. The molecule has 0 fully saturated rings. The third kappa shape index (κ3) is 12.1. The van der Waals surface area contributed by atoms with E-state index in [0.717, 1.165) is 45.5 Å². The average Bonchev–Trinajstić information content (AvgIpc) is 1.63. The molecular weight excluding hydrogens is 1560 g/mol. The highest BCUT2D eigenvalue weighted by atomic mass is 15.2. The normalized spacial score (nSPS) is 14.2. The summed E-state index contributed by atoms with van der Waals surface area (Å²) >= 11 is 0. The van der Waals surface area contributed by atoms with Gasteiger partial charge in [0.05, 0.1) is 44.3 Å². The minimum absolute atomic E-state index is 0.0853. The van der Waals surface area contributed by atoms with Gasteiger partial charge in [0.2, 0.25) is 0 Å². The Labute approximate surface area is 760 Å². The first-order chi connectivity index (χ1) is 62.1. The fraction of sp³-hybridized carbons (Fsp3) is 0.177. The zero-order valence-electron chi connectivity index (χ0n) is 76.7. The van der Waals surface area contributed by atoms with Crippen LogP contribution in [0, 0.1) is 0 Å². The van der Waals surface area contributed by atoms with Crippen LogP contribution in [0.3, 0.4) is 0 Å². The molecule has 19 aromatic rings. The maximum absolute atomic E-state index is 2.77. The van der Waals surface area contributed by atoms with Crippen molar-refractivity contribution in [1.29, 1.82) is 0 Å². The summed E-state index contributed by atoms with van der Waals surface area (Å²) < 4.78 is 5.18. The molecule has 2 aliphatic carbocycles. The zero-order valence-corrected chi connectivity index (χ0v) is 76.7. The average molecular weight is 1660 g/mol. The number of hydrogen-bond acceptors (Lipinski definition) is 2. The van der Waals surface area contributed by atoms with E-state index < -0.39 is 10.8 Å². The SMILES string of the molecule is CC(C)(C)c1cc2c3c(c1)N(c1cccc4c1-c1cc(-c5ccccc5)ccc1C4(c1ccccc1)c1ccccc1)c1cc(-n4c5ccc(C(C)(C)C)cc5c5cc(C(C)(C)C)ccc54)ccc1B3c1ccc(-n3c4ccc(C(C)(C)C)cc4c4cc(C(C)(C)C)ccc43)cc1N2c1cccc2c1-c1cc(-c3ccccc3)ccc1C2(c1ccccc1)c1ccccc1. The van der Waals surface area contributed by atoms with Crippen LogP contribution in [-0.4, -0.2) is 15.8 Å². The minimum atomic E-state index is -0.735. The second kappa shape index (κ2) is 28.8. The van der Waals surface area contributed by atoms with Crippen molar-refractivity contribution in [3.05, 3.63) is 448 Å². The van der Waals surface area contributed by atoms with Gasteiger partial charge in [-0.1, -0.05) is 371 Å². The Morgan fingerprint density at radius 1 is 0.217 bits per heavy atom.